The predicted octanol–water partition coefficient (Wildman–Crippen LogP) is 3.62. The Balaban J connectivity index is 2.46. The van der Waals surface area contributed by atoms with Gasteiger partial charge in [-0.15, -0.1) is 0 Å². The molecule has 0 atom stereocenters. The van der Waals surface area contributed by atoms with Crippen LogP contribution in [0.3, 0.4) is 0 Å². The summed E-state index contributed by atoms with van der Waals surface area (Å²) >= 11 is 0. The van der Waals surface area contributed by atoms with Crippen LogP contribution in [-0.4, -0.2) is 0 Å². The third-order valence-corrected chi connectivity index (χ3v) is 2.15. The van der Waals surface area contributed by atoms with Gasteiger partial charge in [-0.25, -0.2) is 8.78 Å². The van der Waals surface area contributed by atoms with Gasteiger partial charge in [0.05, 0.1) is 0 Å². The lowest BCUT2D eigenvalue weighted by Gasteiger charge is -2.09. The van der Waals surface area contributed by atoms with Crippen LogP contribution in [0.15, 0.2) is 30.3 Å². The zero-order valence-corrected chi connectivity index (χ0v) is 8.88. The SMILES string of the molecule is Nc1cccc(Oc2c(F)c(F)cc(F)c2F)c1. The van der Waals surface area contributed by atoms with Crippen molar-refractivity contribution < 1.29 is 22.3 Å². The van der Waals surface area contributed by atoms with Crippen LogP contribution in [0.1, 0.15) is 0 Å². The van der Waals surface area contributed by atoms with Crippen molar-refractivity contribution in [2.45, 2.75) is 0 Å². The molecule has 94 valence electrons. The molecule has 2 N–H and O–H groups in total. The smallest absolute Gasteiger partial charge is 0.204 e. The van der Waals surface area contributed by atoms with E-state index in [1.165, 1.54) is 24.3 Å². The number of hydrogen-bond acceptors (Lipinski definition) is 2. The molecule has 2 aromatic carbocycles. The second-order valence-corrected chi connectivity index (χ2v) is 3.47. The summed E-state index contributed by atoms with van der Waals surface area (Å²) in [6.45, 7) is 0. The Hall–Kier alpha value is -2.24. The first-order valence-corrected chi connectivity index (χ1v) is 4.85. The second-order valence-electron chi connectivity index (χ2n) is 3.47. The first-order chi connectivity index (χ1) is 8.49. The van der Waals surface area contributed by atoms with Gasteiger partial charge in [-0.2, -0.15) is 8.78 Å². The maximum Gasteiger partial charge on any atom is 0.204 e. The Bertz CT molecular complexity index is 575. The van der Waals surface area contributed by atoms with Crippen LogP contribution in [0.2, 0.25) is 0 Å². The highest BCUT2D eigenvalue weighted by Gasteiger charge is 2.21. The number of rotatable bonds is 2. The van der Waals surface area contributed by atoms with Crippen LogP contribution in [0, 0.1) is 23.3 Å². The zero-order chi connectivity index (χ0) is 13.3. The number of halogens is 4. The van der Waals surface area contributed by atoms with Gasteiger partial charge in [0.2, 0.25) is 17.4 Å². The second kappa shape index (κ2) is 4.56. The van der Waals surface area contributed by atoms with Crippen LogP contribution in [0.25, 0.3) is 0 Å². The van der Waals surface area contributed by atoms with Gasteiger partial charge in [0.1, 0.15) is 5.75 Å². The molecule has 6 heteroatoms. The minimum absolute atomic E-state index is 0.0298. The van der Waals surface area contributed by atoms with Crippen molar-refractivity contribution >= 4 is 5.69 Å². The van der Waals surface area contributed by atoms with E-state index in [4.69, 9.17) is 10.5 Å². The molecule has 18 heavy (non-hydrogen) atoms. The minimum Gasteiger partial charge on any atom is -0.451 e. The molecule has 0 aliphatic carbocycles. The topological polar surface area (TPSA) is 35.2 Å². The van der Waals surface area contributed by atoms with Crippen molar-refractivity contribution in [2.24, 2.45) is 0 Å². The van der Waals surface area contributed by atoms with Gasteiger partial charge in [-0.3, -0.25) is 0 Å². The van der Waals surface area contributed by atoms with E-state index in [1.54, 1.807) is 0 Å². The molecule has 0 radical (unpaired) electrons. The summed E-state index contributed by atoms with van der Waals surface area (Å²) in [6, 6.07) is 5.71. The standard InChI is InChI=1S/C12H7F4NO/c13-8-5-9(14)11(16)12(10(8)15)18-7-3-1-2-6(17)4-7/h1-5H,17H2. The molecule has 0 fully saturated rings. The monoisotopic (exact) mass is 257 g/mol. The normalized spacial score (nSPS) is 10.4. The lowest BCUT2D eigenvalue weighted by Crippen LogP contribution is -1.99. The average Bonchev–Trinajstić information content (AvgIpc) is 2.32. The van der Waals surface area contributed by atoms with Gasteiger partial charge >= 0.3 is 0 Å². The molecule has 0 saturated heterocycles. The molecule has 0 aromatic heterocycles. The maximum atomic E-state index is 13.3. The molecule has 2 rings (SSSR count). The van der Waals surface area contributed by atoms with Crippen LogP contribution < -0.4 is 10.5 Å². The number of nitrogens with two attached hydrogens (primary N) is 1. The molecule has 2 aromatic rings. The van der Waals surface area contributed by atoms with Gasteiger partial charge in [0.25, 0.3) is 0 Å². The number of nitrogen functional groups attached to an aromatic ring is 1. The lowest BCUT2D eigenvalue weighted by atomic mass is 10.2. The van der Waals surface area contributed by atoms with Crippen LogP contribution >= 0.6 is 0 Å². The Morgan fingerprint density at radius 3 is 2.06 bits per heavy atom. The van der Waals surface area contributed by atoms with Gasteiger partial charge < -0.3 is 10.5 Å². The van der Waals surface area contributed by atoms with E-state index in [1.807, 2.05) is 0 Å². The van der Waals surface area contributed by atoms with Crippen LogP contribution in [0.4, 0.5) is 23.2 Å². The highest BCUT2D eigenvalue weighted by atomic mass is 19.2. The van der Waals surface area contributed by atoms with E-state index < -0.39 is 29.0 Å². The van der Waals surface area contributed by atoms with Gasteiger partial charge in [0, 0.05) is 17.8 Å². The van der Waals surface area contributed by atoms with Crippen molar-refractivity contribution in [3.05, 3.63) is 53.6 Å². The predicted molar refractivity (Wildman–Crippen MR) is 57.2 cm³/mol. The largest absolute Gasteiger partial charge is 0.451 e. The molecular weight excluding hydrogens is 250 g/mol. The van der Waals surface area contributed by atoms with E-state index in [0.29, 0.717) is 0 Å². The molecular formula is C12H7F4NO. The molecule has 0 bridgehead atoms. The Morgan fingerprint density at radius 1 is 0.889 bits per heavy atom. The lowest BCUT2D eigenvalue weighted by molar-refractivity contribution is 0.366. The maximum absolute atomic E-state index is 13.3. The molecule has 0 unspecified atom stereocenters. The fraction of sp³-hybridized carbons (Fsp3) is 0. The highest BCUT2D eigenvalue weighted by Crippen LogP contribution is 2.31. The molecule has 0 aliphatic heterocycles. The van der Waals surface area contributed by atoms with Gasteiger partial charge in [0.15, 0.2) is 11.6 Å². The Kier molecular flexibility index (Phi) is 3.10. The number of benzene rings is 2. The molecule has 0 amide bonds. The first-order valence-electron chi connectivity index (χ1n) is 4.85. The quantitative estimate of drug-likeness (QED) is 0.506. The summed E-state index contributed by atoms with van der Waals surface area (Å²) in [7, 11) is 0. The van der Waals surface area contributed by atoms with Crippen molar-refractivity contribution in [2.75, 3.05) is 5.73 Å². The number of hydrogen-bond donors (Lipinski definition) is 1. The summed E-state index contributed by atoms with van der Waals surface area (Å²) in [6.07, 6.45) is 0. The molecule has 0 heterocycles. The fourth-order valence-corrected chi connectivity index (χ4v) is 1.34. The third-order valence-electron chi connectivity index (χ3n) is 2.15. The van der Waals surface area contributed by atoms with E-state index in [0.717, 1.165) is 0 Å². The van der Waals surface area contributed by atoms with Crippen molar-refractivity contribution in [1.29, 1.82) is 0 Å². The van der Waals surface area contributed by atoms with E-state index >= 15 is 0 Å². The summed E-state index contributed by atoms with van der Waals surface area (Å²) in [4.78, 5) is 0. The Labute approximate surface area is 99.6 Å². The van der Waals surface area contributed by atoms with Gasteiger partial charge in [-0.1, -0.05) is 6.07 Å². The minimum atomic E-state index is -1.60. The fourth-order valence-electron chi connectivity index (χ4n) is 1.34. The number of ether oxygens (including phenoxy) is 1. The summed E-state index contributed by atoms with van der Waals surface area (Å²) in [5, 5.41) is 0. The molecule has 0 spiro atoms. The summed E-state index contributed by atoms with van der Waals surface area (Å²) < 4.78 is 57.2. The van der Waals surface area contributed by atoms with Crippen molar-refractivity contribution in [3.63, 3.8) is 0 Å². The van der Waals surface area contributed by atoms with E-state index in [2.05, 4.69) is 0 Å². The first kappa shape index (κ1) is 12.2. The molecule has 2 nitrogen and oxygen atoms in total. The average molecular weight is 257 g/mol. The van der Waals surface area contributed by atoms with E-state index in [9.17, 15) is 17.6 Å². The molecule has 0 aliphatic rings. The van der Waals surface area contributed by atoms with Crippen molar-refractivity contribution in [1.82, 2.24) is 0 Å². The van der Waals surface area contributed by atoms with E-state index in [-0.39, 0.29) is 17.5 Å². The zero-order valence-electron chi connectivity index (χ0n) is 8.88. The van der Waals surface area contributed by atoms with Crippen LogP contribution in [-0.2, 0) is 0 Å². The Morgan fingerprint density at radius 2 is 1.50 bits per heavy atom. The highest BCUT2D eigenvalue weighted by molar-refractivity contribution is 5.45. The van der Waals surface area contributed by atoms with Crippen LogP contribution in [0.5, 0.6) is 11.5 Å². The third kappa shape index (κ3) is 2.22. The summed E-state index contributed by atoms with van der Waals surface area (Å²) in [5.41, 5.74) is 5.72. The van der Waals surface area contributed by atoms with Crippen molar-refractivity contribution in [3.8, 4) is 11.5 Å². The summed E-state index contributed by atoms with van der Waals surface area (Å²) in [5.74, 6) is -7.44. The van der Waals surface area contributed by atoms with Gasteiger partial charge in [-0.05, 0) is 12.1 Å². The number of anilines is 1. The molecule has 0 saturated carbocycles.